The molecular weight excluding hydrogens is 839 g/mol. The molecule has 3 N–H and O–H groups in total. The van der Waals surface area contributed by atoms with Gasteiger partial charge >= 0.3 is 5.97 Å². The number of hydrogen-bond acceptors (Lipinski definition) is 5. The van der Waals surface area contributed by atoms with Crippen molar-refractivity contribution in [2.45, 2.75) is 334 Å². The Morgan fingerprint density at radius 2 is 0.735 bits per heavy atom. The van der Waals surface area contributed by atoms with Gasteiger partial charge in [-0.2, -0.15) is 0 Å². The van der Waals surface area contributed by atoms with E-state index in [1.165, 1.54) is 238 Å². The normalized spacial score (nSPS) is 12.8. The summed E-state index contributed by atoms with van der Waals surface area (Å²) in [6.07, 6.45) is 71.6. The monoisotopic (exact) mass is 956 g/mol. The maximum atomic E-state index is 12.4. The second-order valence-corrected chi connectivity index (χ2v) is 20.7. The smallest absolute Gasteiger partial charge is 0.305 e. The molecule has 0 aromatic heterocycles. The van der Waals surface area contributed by atoms with Crippen molar-refractivity contribution in [3.8, 4) is 0 Å². The fourth-order valence-electron chi connectivity index (χ4n) is 9.25. The molecule has 0 bridgehead atoms. The molecule has 0 aromatic carbocycles. The molecule has 0 rings (SSSR count). The van der Waals surface area contributed by atoms with Crippen LogP contribution in [0, 0.1) is 0 Å². The summed E-state index contributed by atoms with van der Waals surface area (Å²) >= 11 is 0. The number of aliphatic hydroxyl groups excluding tert-OH is 2. The first-order chi connectivity index (χ1) is 33.5. The van der Waals surface area contributed by atoms with Crippen LogP contribution in [0.4, 0.5) is 0 Å². The second-order valence-electron chi connectivity index (χ2n) is 20.7. The lowest BCUT2D eigenvalue weighted by Crippen LogP contribution is -2.45. The van der Waals surface area contributed by atoms with Crippen molar-refractivity contribution < 1.29 is 24.5 Å². The Balaban J connectivity index is 3.41. The van der Waals surface area contributed by atoms with Crippen molar-refractivity contribution in [2.24, 2.45) is 0 Å². The Labute approximate surface area is 424 Å². The predicted molar refractivity (Wildman–Crippen MR) is 296 cm³/mol. The zero-order valence-electron chi connectivity index (χ0n) is 45.6. The topological polar surface area (TPSA) is 95.9 Å². The molecule has 0 fully saturated rings. The lowest BCUT2D eigenvalue weighted by atomic mass is 10.0. The van der Waals surface area contributed by atoms with Crippen LogP contribution in [0.3, 0.4) is 0 Å². The van der Waals surface area contributed by atoms with Crippen molar-refractivity contribution in [2.75, 3.05) is 13.2 Å². The summed E-state index contributed by atoms with van der Waals surface area (Å²) in [5.74, 6) is -0.0377. The molecule has 0 radical (unpaired) electrons. The number of carbonyl (C=O) groups excluding carboxylic acids is 2. The van der Waals surface area contributed by atoms with Crippen LogP contribution < -0.4 is 5.32 Å². The molecule has 0 aromatic rings. The van der Waals surface area contributed by atoms with E-state index in [0.29, 0.717) is 25.9 Å². The number of esters is 1. The van der Waals surface area contributed by atoms with Crippen molar-refractivity contribution in [3.63, 3.8) is 0 Å². The minimum atomic E-state index is -0.665. The summed E-state index contributed by atoms with van der Waals surface area (Å²) in [7, 11) is 0. The van der Waals surface area contributed by atoms with Gasteiger partial charge < -0.3 is 20.3 Å². The van der Waals surface area contributed by atoms with Gasteiger partial charge in [0.15, 0.2) is 0 Å². The summed E-state index contributed by atoms with van der Waals surface area (Å²) in [4.78, 5) is 24.5. The van der Waals surface area contributed by atoms with Gasteiger partial charge in [0.25, 0.3) is 0 Å². The van der Waals surface area contributed by atoms with E-state index >= 15 is 0 Å². The Kier molecular flexibility index (Phi) is 56.0. The lowest BCUT2D eigenvalue weighted by molar-refractivity contribution is -0.143. The van der Waals surface area contributed by atoms with Crippen LogP contribution in [-0.4, -0.2) is 47.4 Å². The number of carbonyl (C=O) groups is 2. The van der Waals surface area contributed by atoms with Gasteiger partial charge in [0, 0.05) is 12.8 Å². The van der Waals surface area contributed by atoms with Gasteiger partial charge in [-0.3, -0.25) is 9.59 Å². The summed E-state index contributed by atoms with van der Waals surface area (Å²) in [5.41, 5.74) is 0. The average molecular weight is 957 g/mol. The molecule has 2 atom stereocenters. The van der Waals surface area contributed by atoms with E-state index in [9.17, 15) is 19.8 Å². The van der Waals surface area contributed by atoms with Crippen LogP contribution in [0.25, 0.3) is 0 Å². The highest BCUT2D eigenvalue weighted by Crippen LogP contribution is 2.17. The fraction of sp³-hybridized carbons (Fsp3) is 0.871. The maximum Gasteiger partial charge on any atom is 0.305 e. The average Bonchev–Trinajstić information content (AvgIpc) is 3.34. The standard InChI is InChI=1S/C62H117NO5/c1-3-5-7-9-11-13-15-31-36-40-44-48-52-56-62(67)68-57-53-49-45-41-37-33-30-28-26-24-22-20-18-16-17-19-21-23-25-27-29-32-35-39-43-47-51-55-61(66)63-59(58-64)60(65)54-50-46-42-38-34-14-12-10-8-6-4-2/h13,15-17,20,22,59-60,64-65H,3-12,14,18-19,21,23-58H2,1-2H3,(H,63,66)/b15-13-,17-16-,22-20-. The van der Waals surface area contributed by atoms with Gasteiger partial charge in [-0.05, 0) is 83.5 Å². The van der Waals surface area contributed by atoms with E-state index in [-0.39, 0.29) is 18.5 Å². The minimum absolute atomic E-state index is 0.00114. The second kappa shape index (κ2) is 57.7. The number of amides is 1. The summed E-state index contributed by atoms with van der Waals surface area (Å²) in [6, 6.07) is -0.542. The van der Waals surface area contributed by atoms with E-state index < -0.39 is 12.1 Å². The van der Waals surface area contributed by atoms with Crippen molar-refractivity contribution in [1.82, 2.24) is 5.32 Å². The quantitative estimate of drug-likeness (QED) is 0.0321. The lowest BCUT2D eigenvalue weighted by Gasteiger charge is -2.22. The highest BCUT2D eigenvalue weighted by atomic mass is 16.5. The first-order valence-corrected chi connectivity index (χ1v) is 30.2. The maximum absolute atomic E-state index is 12.4. The van der Waals surface area contributed by atoms with Crippen molar-refractivity contribution in [1.29, 1.82) is 0 Å². The summed E-state index contributed by atoms with van der Waals surface area (Å²) in [5, 5.41) is 23.2. The first kappa shape index (κ1) is 66.1. The van der Waals surface area contributed by atoms with Crippen LogP contribution in [0.2, 0.25) is 0 Å². The highest BCUT2D eigenvalue weighted by Gasteiger charge is 2.20. The molecule has 0 spiro atoms. The Morgan fingerprint density at radius 3 is 1.15 bits per heavy atom. The van der Waals surface area contributed by atoms with Gasteiger partial charge in [-0.25, -0.2) is 0 Å². The van der Waals surface area contributed by atoms with E-state index in [1.54, 1.807) is 0 Å². The molecule has 0 aliphatic heterocycles. The molecule has 0 aliphatic rings. The third kappa shape index (κ3) is 53.4. The van der Waals surface area contributed by atoms with Crippen LogP contribution in [-0.2, 0) is 14.3 Å². The molecule has 1 amide bonds. The number of aliphatic hydroxyl groups is 2. The van der Waals surface area contributed by atoms with Gasteiger partial charge in [0.1, 0.15) is 0 Å². The third-order valence-electron chi connectivity index (χ3n) is 13.9. The molecule has 2 unspecified atom stereocenters. The zero-order valence-corrected chi connectivity index (χ0v) is 45.6. The molecule has 400 valence electrons. The number of unbranched alkanes of at least 4 members (excludes halogenated alkanes) is 39. The number of ether oxygens (including phenoxy) is 1. The summed E-state index contributed by atoms with van der Waals surface area (Å²) < 4.78 is 5.47. The van der Waals surface area contributed by atoms with Crippen molar-refractivity contribution >= 4 is 11.9 Å². The predicted octanol–water partition coefficient (Wildman–Crippen LogP) is 18.8. The summed E-state index contributed by atoms with van der Waals surface area (Å²) in [6.45, 7) is 4.93. The van der Waals surface area contributed by atoms with Crippen LogP contribution in [0.1, 0.15) is 322 Å². The SMILES string of the molecule is CCCCCC/C=C\CCCCCCCC(=O)OCCCCCCCCCCC/C=C\C/C=C\CCCCCCCCCCCCCC(=O)NC(CO)C(O)CCCCCCCCCCCCC. The molecular formula is C62H117NO5. The molecule has 0 aliphatic carbocycles. The molecule has 0 saturated heterocycles. The Bertz CT molecular complexity index is 1100. The Hall–Kier alpha value is -1.92. The van der Waals surface area contributed by atoms with Crippen LogP contribution in [0.15, 0.2) is 36.5 Å². The molecule has 6 heteroatoms. The third-order valence-corrected chi connectivity index (χ3v) is 13.9. The number of nitrogens with one attached hydrogen (secondary N) is 1. The fourth-order valence-corrected chi connectivity index (χ4v) is 9.25. The van der Waals surface area contributed by atoms with Gasteiger partial charge in [-0.1, -0.05) is 262 Å². The molecule has 0 heterocycles. The zero-order chi connectivity index (χ0) is 49.3. The van der Waals surface area contributed by atoms with E-state index in [4.69, 9.17) is 4.74 Å². The first-order valence-electron chi connectivity index (χ1n) is 30.2. The van der Waals surface area contributed by atoms with E-state index in [1.807, 2.05) is 0 Å². The minimum Gasteiger partial charge on any atom is -0.466 e. The van der Waals surface area contributed by atoms with Gasteiger partial charge in [0.05, 0.1) is 25.4 Å². The van der Waals surface area contributed by atoms with Gasteiger partial charge in [-0.15, -0.1) is 0 Å². The molecule has 0 saturated carbocycles. The molecule has 6 nitrogen and oxygen atoms in total. The van der Waals surface area contributed by atoms with Crippen LogP contribution in [0.5, 0.6) is 0 Å². The van der Waals surface area contributed by atoms with E-state index in [0.717, 1.165) is 51.4 Å². The Morgan fingerprint density at radius 1 is 0.412 bits per heavy atom. The van der Waals surface area contributed by atoms with E-state index in [2.05, 4.69) is 55.6 Å². The van der Waals surface area contributed by atoms with Crippen LogP contribution >= 0.6 is 0 Å². The number of allylic oxidation sites excluding steroid dienone is 6. The number of rotatable bonds is 56. The number of hydrogen-bond donors (Lipinski definition) is 3. The highest BCUT2D eigenvalue weighted by molar-refractivity contribution is 5.76. The van der Waals surface area contributed by atoms with Gasteiger partial charge in [0.2, 0.25) is 5.91 Å². The molecule has 68 heavy (non-hydrogen) atoms. The van der Waals surface area contributed by atoms with Crippen molar-refractivity contribution in [3.05, 3.63) is 36.5 Å². The largest absolute Gasteiger partial charge is 0.466 e.